The zero-order valence-corrected chi connectivity index (χ0v) is 8.57. The molecule has 0 N–H and O–H groups in total. The lowest BCUT2D eigenvalue weighted by molar-refractivity contribution is -0.136. The van der Waals surface area contributed by atoms with E-state index < -0.39 is 0 Å². The van der Waals surface area contributed by atoms with Gasteiger partial charge in [-0.05, 0) is 38.0 Å². The van der Waals surface area contributed by atoms with Crippen LogP contribution in [0.15, 0.2) is 5.10 Å². The van der Waals surface area contributed by atoms with E-state index in [1.165, 1.54) is 6.42 Å². The maximum atomic E-state index is 12.0. The molecule has 3 rings (SSSR count). The van der Waals surface area contributed by atoms with Crippen LogP contribution in [0.4, 0.5) is 0 Å². The van der Waals surface area contributed by atoms with Crippen LogP contribution in [0.5, 0.6) is 0 Å². The Hall–Kier alpha value is -0.860. The third-order valence-electron chi connectivity index (χ3n) is 3.93. The molecule has 2 unspecified atom stereocenters. The first-order valence-electron chi connectivity index (χ1n) is 5.68. The monoisotopic (exact) mass is 192 g/mol. The van der Waals surface area contributed by atoms with Gasteiger partial charge in [0.1, 0.15) is 0 Å². The number of carbonyl (C=O) groups excluding carboxylic acids is 1. The van der Waals surface area contributed by atoms with Crippen molar-refractivity contribution in [2.75, 3.05) is 0 Å². The molecule has 0 radical (unpaired) electrons. The fourth-order valence-corrected chi connectivity index (χ4v) is 2.75. The van der Waals surface area contributed by atoms with Gasteiger partial charge < -0.3 is 0 Å². The number of hydrogen-bond acceptors (Lipinski definition) is 2. The lowest BCUT2D eigenvalue weighted by atomic mass is 9.91. The molecular formula is C11H16N2O. The second kappa shape index (κ2) is 2.81. The van der Waals surface area contributed by atoms with Crippen molar-refractivity contribution < 1.29 is 4.79 Å². The maximum Gasteiger partial charge on any atom is 0.252 e. The predicted octanol–water partition coefficient (Wildman–Crippen LogP) is 1.78. The summed E-state index contributed by atoms with van der Waals surface area (Å²) in [5.41, 5.74) is 1.16. The van der Waals surface area contributed by atoms with Crippen LogP contribution in [0, 0.1) is 11.8 Å². The van der Waals surface area contributed by atoms with E-state index in [0.717, 1.165) is 31.4 Å². The SMILES string of the molecule is CC1CCC2=NN(C3CCC3)C(=O)C21. The smallest absolute Gasteiger partial charge is 0.252 e. The summed E-state index contributed by atoms with van der Waals surface area (Å²) in [4.78, 5) is 12.0. The summed E-state index contributed by atoms with van der Waals surface area (Å²) in [7, 11) is 0. The highest BCUT2D eigenvalue weighted by atomic mass is 16.2. The van der Waals surface area contributed by atoms with E-state index in [4.69, 9.17) is 0 Å². The summed E-state index contributed by atoms with van der Waals surface area (Å²) in [5, 5.41) is 6.29. The Morgan fingerprint density at radius 3 is 2.71 bits per heavy atom. The molecule has 2 fully saturated rings. The second-order valence-corrected chi connectivity index (χ2v) is 4.85. The molecule has 1 heterocycles. The molecule has 1 amide bonds. The molecule has 3 aliphatic rings. The number of nitrogens with zero attached hydrogens (tertiary/aromatic N) is 2. The quantitative estimate of drug-likeness (QED) is 0.623. The van der Waals surface area contributed by atoms with Gasteiger partial charge in [0.25, 0.3) is 5.91 Å². The Morgan fingerprint density at radius 2 is 2.14 bits per heavy atom. The van der Waals surface area contributed by atoms with Gasteiger partial charge in [-0.2, -0.15) is 5.10 Å². The van der Waals surface area contributed by atoms with Crippen molar-refractivity contribution in [1.29, 1.82) is 0 Å². The summed E-state index contributed by atoms with van der Waals surface area (Å²) in [6, 6.07) is 0.438. The molecule has 0 spiro atoms. The van der Waals surface area contributed by atoms with Crippen LogP contribution < -0.4 is 0 Å². The van der Waals surface area contributed by atoms with Gasteiger partial charge >= 0.3 is 0 Å². The third-order valence-corrected chi connectivity index (χ3v) is 3.93. The zero-order valence-electron chi connectivity index (χ0n) is 8.57. The first-order chi connectivity index (χ1) is 6.77. The number of amides is 1. The van der Waals surface area contributed by atoms with Crippen molar-refractivity contribution in [2.24, 2.45) is 16.9 Å². The van der Waals surface area contributed by atoms with Crippen LogP contribution in [0.25, 0.3) is 0 Å². The van der Waals surface area contributed by atoms with E-state index in [0.29, 0.717) is 12.0 Å². The summed E-state index contributed by atoms with van der Waals surface area (Å²) in [6.45, 7) is 2.18. The van der Waals surface area contributed by atoms with Crippen molar-refractivity contribution in [1.82, 2.24) is 5.01 Å². The van der Waals surface area contributed by atoms with Gasteiger partial charge in [-0.1, -0.05) is 6.92 Å². The van der Waals surface area contributed by atoms with Gasteiger partial charge in [0, 0.05) is 0 Å². The normalized spacial score (nSPS) is 37.1. The average molecular weight is 192 g/mol. The molecule has 3 nitrogen and oxygen atoms in total. The standard InChI is InChI=1S/C11H16N2O/c1-7-5-6-9-10(7)11(14)13(12-9)8-3-2-4-8/h7-8,10H,2-6H2,1H3. The lowest BCUT2D eigenvalue weighted by Gasteiger charge is -2.32. The van der Waals surface area contributed by atoms with Crippen LogP contribution >= 0.6 is 0 Å². The zero-order chi connectivity index (χ0) is 9.71. The summed E-state index contributed by atoms with van der Waals surface area (Å²) < 4.78 is 0. The summed E-state index contributed by atoms with van der Waals surface area (Å²) in [5.74, 6) is 0.955. The highest BCUT2D eigenvalue weighted by Gasteiger charge is 2.46. The van der Waals surface area contributed by atoms with Crippen LogP contribution in [-0.2, 0) is 4.79 Å². The summed E-state index contributed by atoms with van der Waals surface area (Å²) in [6.07, 6.45) is 5.77. The van der Waals surface area contributed by atoms with E-state index in [9.17, 15) is 4.79 Å². The van der Waals surface area contributed by atoms with Gasteiger partial charge in [0.05, 0.1) is 17.7 Å². The Kier molecular flexibility index (Phi) is 1.70. The number of carbonyl (C=O) groups is 1. The Balaban J connectivity index is 1.84. The van der Waals surface area contributed by atoms with E-state index in [1.54, 1.807) is 5.01 Å². The lowest BCUT2D eigenvalue weighted by Crippen LogP contribution is -2.40. The average Bonchev–Trinajstić information content (AvgIpc) is 2.55. The maximum absolute atomic E-state index is 12.0. The van der Waals surface area contributed by atoms with Crippen molar-refractivity contribution in [3.63, 3.8) is 0 Å². The molecule has 0 aromatic heterocycles. The minimum Gasteiger partial charge on any atom is -0.272 e. The number of rotatable bonds is 1. The summed E-state index contributed by atoms with van der Waals surface area (Å²) >= 11 is 0. The van der Waals surface area contributed by atoms with Crippen LogP contribution in [0.3, 0.4) is 0 Å². The molecule has 2 atom stereocenters. The van der Waals surface area contributed by atoms with Gasteiger partial charge in [0.15, 0.2) is 0 Å². The number of hydrazone groups is 1. The Bertz CT molecular complexity index is 306. The molecule has 0 aromatic rings. The fraction of sp³-hybridized carbons (Fsp3) is 0.818. The molecule has 2 saturated carbocycles. The molecule has 0 aromatic carbocycles. The van der Waals surface area contributed by atoms with Crippen LogP contribution in [0.1, 0.15) is 39.0 Å². The molecule has 1 aliphatic heterocycles. The van der Waals surface area contributed by atoms with Crippen molar-refractivity contribution in [3.05, 3.63) is 0 Å². The highest BCUT2D eigenvalue weighted by Crippen LogP contribution is 2.38. The van der Waals surface area contributed by atoms with Crippen molar-refractivity contribution in [3.8, 4) is 0 Å². The van der Waals surface area contributed by atoms with E-state index in [1.807, 2.05) is 0 Å². The largest absolute Gasteiger partial charge is 0.272 e. The Labute approximate surface area is 84.2 Å². The van der Waals surface area contributed by atoms with Crippen LogP contribution in [0.2, 0.25) is 0 Å². The number of fused-ring (bicyclic) bond motifs is 1. The minimum atomic E-state index is 0.149. The molecule has 76 valence electrons. The topological polar surface area (TPSA) is 32.7 Å². The second-order valence-electron chi connectivity index (χ2n) is 4.85. The molecule has 3 heteroatoms. The minimum absolute atomic E-state index is 0.149. The molecule has 0 saturated heterocycles. The van der Waals surface area contributed by atoms with E-state index in [-0.39, 0.29) is 11.8 Å². The van der Waals surface area contributed by atoms with E-state index >= 15 is 0 Å². The van der Waals surface area contributed by atoms with Crippen molar-refractivity contribution >= 4 is 11.6 Å². The Morgan fingerprint density at radius 1 is 1.36 bits per heavy atom. The van der Waals surface area contributed by atoms with Crippen LogP contribution in [-0.4, -0.2) is 22.7 Å². The van der Waals surface area contributed by atoms with Gasteiger partial charge in [-0.15, -0.1) is 0 Å². The van der Waals surface area contributed by atoms with Crippen molar-refractivity contribution in [2.45, 2.75) is 45.1 Å². The molecule has 14 heavy (non-hydrogen) atoms. The molecule has 0 bridgehead atoms. The first-order valence-corrected chi connectivity index (χ1v) is 5.68. The molecule has 2 aliphatic carbocycles. The predicted molar refractivity (Wildman–Crippen MR) is 53.8 cm³/mol. The highest BCUT2D eigenvalue weighted by molar-refractivity contribution is 6.09. The molecular weight excluding hydrogens is 176 g/mol. The van der Waals surface area contributed by atoms with E-state index in [2.05, 4.69) is 12.0 Å². The van der Waals surface area contributed by atoms with Gasteiger partial charge in [-0.3, -0.25) is 4.79 Å². The third kappa shape index (κ3) is 0.983. The number of hydrogen-bond donors (Lipinski definition) is 0. The van der Waals surface area contributed by atoms with Gasteiger partial charge in [-0.25, -0.2) is 5.01 Å². The first kappa shape index (κ1) is 8.45. The van der Waals surface area contributed by atoms with Gasteiger partial charge in [0.2, 0.25) is 0 Å². The fourth-order valence-electron chi connectivity index (χ4n) is 2.75.